The van der Waals surface area contributed by atoms with E-state index in [0.29, 0.717) is 28.4 Å². The number of hydrogen-bond acceptors (Lipinski definition) is 4. The van der Waals surface area contributed by atoms with E-state index in [9.17, 15) is 13.6 Å². The number of benzene rings is 2. The number of hydrogen-bond donors (Lipinski definition) is 1. The van der Waals surface area contributed by atoms with Crippen LogP contribution < -0.4 is 5.43 Å². The van der Waals surface area contributed by atoms with E-state index in [2.05, 4.69) is 11.5 Å². The normalized spacial score (nSPS) is 16.0. The van der Waals surface area contributed by atoms with Gasteiger partial charge in [0, 0.05) is 36.0 Å². The Morgan fingerprint density at radius 2 is 1.79 bits per heavy atom. The molecule has 2 aliphatic heterocycles. The summed E-state index contributed by atoms with van der Waals surface area (Å²) in [6, 6.07) is 12.4. The van der Waals surface area contributed by atoms with Crippen LogP contribution in [0.2, 0.25) is 0 Å². The predicted molar refractivity (Wildman–Crippen MR) is 104 cm³/mol. The van der Waals surface area contributed by atoms with Gasteiger partial charge < -0.3 is 4.90 Å². The number of fused-ring (bicyclic) bond motifs is 1. The molecule has 0 unspecified atom stereocenters. The summed E-state index contributed by atoms with van der Waals surface area (Å²) in [5.74, 6) is -1.12. The second kappa shape index (κ2) is 6.91. The van der Waals surface area contributed by atoms with Gasteiger partial charge in [0.1, 0.15) is 17.5 Å². The summed E-state index contributed by atoms with van der Waals surface area (Å²) >= 11 is 0. The van der Waals surface area contributed by atoms with Crippen LogP contribution >= 0.6 is 0 Å². The van der Waals surface area contributed by atoms with Gasteiger partial charge in [-0.05, 0) is 42.8 Å². The fraction of sp³-hybridized carbons (Fsp3) is 0.0909. The molecule has 1 N–H and O–H groups in total. The number of allylic oxidation sites excluding steroid dienone is 3. The minimum absolute atomic E-state index is 0.235. The van der Waals surface area contributed by atoms with Gasteiger partial charge in [0.2, 0.25) is 0 Å². The zero-order valence-electron chi connectivity index (χ0n) is 15.7. The topological polar surface area (TPSA) is 59.4 Å². The third-order valence-corrected chi connectivity index (χ3v) is 4.90. The molecule has 7 heteroatoms. The molecule has 0 aliphatic carbocycles. The Labute approximate surface area is 166 Å². The molecule has 2 heterocycles. The maximum Gasteiger partial charge on any atom is 0.273 e. The highest BCUT2D eigenvalue weighted by Gasteiger charge is 2.32. The molecule has 0 bridgehead atoms. The van der Waals surface area contributed by atoms with Gasteiger partial charge in [-0.3, -0.25) is 10.2 Å². The minimum atomic E-state index is -0.681. The van der Waals surface area contributed by atoms with Crippen LogP contribution in [0.4, 0.5) is 8.78 Å². The highest BCUT2D eigenvalue weighted by Crippen LogP contribution is 2.34. The molecule has 0 radical (unpaired) electrons. The van der Waals surface area contributed by atoms with Crippen molar-refractivity contribution in [3.05, 3.63) is 94.5 Å². The molecule has 0 fully saturated rings. The second-order valence-corrected chi connectivity index (χ2v) is 6.73. The molecule has 0 aromatic heterocycles. The largest absolute Gasteiger partial charge is 0.329 e. The molecule has 0 saturated heterocycles. The van der Waals surface area contributed by atoms with Crippen LogP contribution in [0.15, 0.2) is 66.1 Å². The molecular weight excluding hydrogens is 374 g/mol. The number of nitrogens with one attached hydrogen (secondary N) is 1. The minimum Gasteiger partial charge on any atom is -0.329 e. The van der Waals surface area contributed by atoms with Crippen molar-refractivity contribution in [3.8, 4) is 6.07 Å². The third-order valence-electron chi connectivity index (χ3n) is 4.90. The molecule has 0 spiro atoms. The van der Waals surface area contributed by atoms with Crippen LogP contribution in [-0.2, 0) is 4.79 Å². The Morgan fingerprint density at radius 1 is 1.07 bits per heavy atom. The summed E-state index contributed by atoms with van der Waals surface area (Å²) in [5.41, 5.74) is 6.23. The molecule has 144 valence electrons. The number of nitriles is 1. The monoisotopic (exact) mass is 390 g/mol. The summed E-state index contributed by atoms with van der Waals surface area (Å²) in [7, 11) is 1.79. The average Bonchev–Trinajstić information content (AvgIpc) is 2.71. The van der Waals surface area contributed by atoms with Gasteiger partial charge in [0.05, 0.1) is 17.3 Å². The number of carbonyl (C=O) groups excluding carboxylic acids is 1. The van der Waals surface area contributed by atoms with Gasteiger partial charge in [0.15, 0.2) is 0 Å². The molecule has 2 aliphatic rings. The van der Waals surface area contributed by atoms with Crippen molar-refractivity contribution in [1.29, 1.82) is 5.26 Å². The summed E-state index contributed by atoms with van der Waals surface area (Å²) in [5, 5.41) is 10.3. The summed E-state index contributed by atoms with van der Waals surface area (Å²) in [6.45, 7) is 1.72. The van der Waals surface area contributed by atoms with Crippen molar-refractivity contribution in [3.63, 3.8) is 0 Å². The Kier molecular flexibility index (Phi) is 4.40. The Hall–Kier alpha value is -3.92. The lowest BCUT2D eigenvalue weighted by Crippen LogP contribution is -2.49. The molecule has 29 heavy (non-hydrogen) atoms. The molecule has 5 nitrogen and oxygen atoms in total. The number of rotatable bonds is 2. The smallest absolute Gasteiger partial charge is 0.273 e. The average molecular weight is 390 g/mol. The number of amides is 1. The zero-order chi connectivity index (χ0) is 20.7. The van der Waals surface area contributed by atoms with Gasteiger partial charge in [0.25, 0.3) is 5.91 Å². The van der Waals surface area contributed by atoms with E-state index in [1.54, 1.807) is 49.2 Å². The Morgan fingerprint density at radius 3 is 2.45 bits per heavy atom. The molecule has 2 aromatic carbocycles. The van der Waals surface area contributed by atoms with E-state index in [-0.39, 0.29) is 11.5 Å². The van der Waals surface area contributed by atoms with Crippen molar-refractivity contribution in [2.45, 2.75) is 6.92 Å². The quantitative estimate of drug-likeness (QED) is 0.849. The maximum atomic E-state index is 14.4. The van der Waals surface area contributed by atoms with Gasteiger partial charge in [-0.2, -0.15) is 5.26 Å². The maximum absolute atomic E-state index is 14.4. The van der Waals surface area contributed by atoms with Crippen molar-refractivity contribution in [1.82, 2.24) is 15.3 Å². The molecule has 0 atom stereocenters. The Bertz CT molecular complexity index is 1160. The van der Waals surface area contributed by atoms with Crippen LogP contribution in [0.3, 0.4) is 0 Å². The lowest BCUT2D eigenvalue weighted by Gasteiger charge is -2.40. The number of nitrogens with zero attached hydrogens (tertiary/aromatic N) is 3. The first-order chi connectivity index (χ1) is 13.9. The van der Waals surface area contributed by atoms with Crippen LogP contribution in [0.5, 0.6) is 0 Å². The summed E-state index contributed by atoms with van der Waals surface area (Å²) in [6.07, 6.45) is 3.18. The van der Waals surface area contributed by atoms with Gasteiger partial charge in [-0.15, -0.1) is 0 Å². The fourth-order valence-corrected chi connectivity index (χ4v) is 3.38. The summed E-state index contributed by atoms with van der Waals surface area (Å²) in [4.78, 5) is 14.5. The van der Waals surface area contributed by atoms with Crippen LogP contribution in [0.25, 0.3) is 11.3 Å². The number of carbonyl (C=O) groups is 1. The van der Waals surface area contributed by atoms with Crippen molar-refractivity contribution in [2.24, 2.45) is 0 Å². The molecular formula is C22H16F2N4O. The number of halogens is 2. The zero-order valence-corrected chi connectivity index (χ0v) is 15.7. The molecule has 0 saturated carbocycles. The van der Waals surface area contributed by atoms with E-state index in [1.807, 2.05) is 0 Å². The van der Waals surface area contributed by atoms with E-state index in [4.69, 9.17) is 5.26 Å². The lowest BCUT2D eigenvalue weighted by molar-refractivity contribution is -0.128. The van der Waals surface area contributed by atoms with Crippen LogP contribution in [-0.4, -0.2) is 22.9 Å². The van der Waals surface area contributed by atoms with E-state index in [0.717, 1.165) is 11.6 Å². The second-order valence-electron chi connectivity index (χ2n) is 6.73. The van der Waals surface area contributed by atoms with Crippen molar-refractivity contribution >= 4 is 17.2 Å². The first kappa shape index (κ1) is 18.4. The SMILES string of the molecule is CC1=C(c2ccc(F)cc2F)C=C2N(C)C(c3ccc(C#N)cc3)=CC(=O)N2N1. The number of hydrazine groups is 1. The first-order valence-electron chi connectivity index (χ1n) is 8.84. The third kappa shape index (κ3) is 3.15. The standard InChI is InChI=1S/C22H16F2N4O/c1-13-18(17-8-7-16(23)9-19(17)24)10-21-27(2)20(11-22(29)28(21)26-13)15-5-3-14(12-25)4-6-15/h3-11,26H,1-2H3. The fourth-order valence-electron chi connectivity index (χ4n) is 3.38. The molecule has 4 rings (SSSR count). The van der Waals surface area contributed by atoms with Crippen molar-refractivity contribution in [2.75, 3.05) is 7.05 Å². The van der Waals surface area contributed by atoms with E-state index >= 15 is 0 Å². The Balaban J connectivity index is 1.77. The van der Waals surface area contributed by atoms with Crippen LogP contribution in [0.1, 0.15) is 23.6 Å². The van der Waals surface area contributed by atoms with Gasteiger partial charge >= 0.3 is 0 Å². The van der Waals surface area contributed by atoms with Gasteiger partial charge in [-0.1, -0.05) is 12.1 Å². The molecule has 2 aromatic rings. The van der Waals surface area contributed by atoms with E-state index in [1.165, 1.54) is 23.2 Å². The van der Waals surface area contributed by atoms with Crippen LogP contribution in [0, 0.1) is 23.0 Å². The first-order valence-corrected chi connectivity index (χ1v) is 8.84. The highest BCUT2D eigenvalue weighted by molar-refractivity contribution is 5.99. The summed E-state index contributed by atoms with van der Waals surface area (Å²) < 4.78 is 27.7. The van der Waals surface area contributed by atoms with E-state index < -0.39 is 11.6 Å². The molecule has 1 amide bonds. The highest BCUT2D eigenvalue weighted by atomic mass is 19.1. The van der Waals surface area contributed by atoms with Gasteiger partial charge in [-0.25, -0.2) is 13.8 Å². The van der Waals surface area contributed by atoms with Crippen molar-refractivity contribution < 1.29 is 13.6 Å². The predicted octanol–water partition coefficient (Wildman–Crippen LogP) is 3.74. The lowest BCUT2D eigenvalue weighted by atomic mass is 10.00.